The minimum absolute atomic E-state index is 0.212. The van der Waals surface area contributed by atoms with Crippen LogP contribution in [0.4, 0.5) is 4.79 Å². The summed E-state index contributed by atoms with van der Waals surface area (Å²) in [6.07, 6.45) is 1.48. The van der Waals surface area contributed by atoms with Crippen molar-refractivity contribution < 1.29 is 18.8 Å². The van der Waals surface area contributed by atoms with Crippen molar-refractivity contribution in [2.45, 2.75) is 59.4 Å². The number of hydrogen-bond donors (Lipinski definition) is 1. The van der Waals surface area contributed by atoms with Gasteiger partial charge in [0.1, 0.15) is 6.61 Å². The molecular formula is C24H31BN2O4. The van der Waals surface area contributed by atoms with E-state index in [1.807, 2.05) is 90.1 Å². The SMILES string of the molecule is Cc1ccc(C=C(CNC(=O)OCc2ccccc2)B2OC(C)(C)C(C)(C)O2)c(C)n1. The molecule has 0 atom stereocenters. The van der Waals surface area contributed by atoms with E-state index in [9.17, 15) is 4.79 Å². The van der Waals surface area contributed by atoms with Crippen LogP contribution < -0.4 is 5.32 Å². The molecule has 2 heterocycles. The summed E-state index contributed by atoms with van der Waals surface area (Å²) in [5.41, 5.74) is 3.57. The van der Waals surface area contributed by atoms with Crippen LogP contribution in [0.3, 0.4) is 0 Å². The van der Waals surface area contributed by atoms with E-state index in [0.717, 1.165) is 28.0 Å². The van der Waals surface area contributed by atoms with Crippen molar-refractivity contribution in [1.82, 2.24) is 10.3 Å². The topological polar surface area (TPSA) is 69.7 Å². The number of amides is 1. The van der Waals surface area contributed by atoms with Gasteiger partial charge in [0.15, 0.2) is 0 Å². The number of pyridine rings is 1. The van der Waals surface area contributed by atoms with Crippen molar-refractivity contribution in [2.24, 2.45) is 0 Å². The van der Waals surface area contributed by atoms with E-state index in [1.54, 1.807) is 0 Å². The second kappa shape index (κ2) is 9.24. The van der Waals surface area contributed by atoms with Crippen molar-refractivity contribution >= 4 is 19.3 Å². The number of alkyl carbamates (subject to hydrolysis) is 1. The van der Waals surface area contributed by atoms with Crippen LogP contribution in [0, 0.1) is 13.8 Å². The minimum Gasteiger partial charge on any atom is -0.445 e. The summed E-state index contributed by atoms with van der Waals surface area (Å²) in [7, 11) is -0.583. The molecule has 31 heavy (non-hydrogen) atoms. The Kier molecular flexibility index (Phi) is 6.87. The van der Waals surface area contributed by atoms with E-state index in [4.69, 9.17) is 14.0 Å². The largest absolute Gasteiger partial charge is 0.492 e. The standard InChI is InChI=1S/C24H31BN2O4/c1-17-12-13-20(18(2)27-17)14-21(25-30-23(3,4)24(5,6)31-25)15-26-22(28)29-16-19-10-8-7-9-11-19/h7-14H,15-16H2,1-6H3,(H,26,28). The molecule has 3 rings (SSSR count). The zero-order valence-electron chi connectivity index (χ0n) is 19.2. The number of hydrogen-bond acceptors (Lipinski definition) is 5. The first-order valence-corrected chi connectivity index (χ1v) is 10.5. The highest BCUT2D eigenvalue weighted by Crippen LogP contribution is 2.38. The Labute approximate surface area is 185 Å². The first kappa shape index (κ1) is 23.0. The molecule has 0 unspecified atom stereocenters. The predicted octanol–water partition coefficient (Wildman–Crippen LogP) is 4.64. The summed E-state index contributed by atoms with van der Waals surface area (Å²) in [5.74, 6) is 0. The van der Waals surface area contributed by atoms with Crippen molar-refractivity contribution in [1.29, 1.82) is 0 Å². The van der Waals surface area contributed by atoms with Gasteiger partial charge in [0.05, 0.1) is 11.2 Å². The maximum Gasteiger partial charge on any atom is 0.492 e. The lowest BCUT2D eigenvalue weighted by molar-refractivity contribution is 0.00578. The third-order valence-electron chi connectivity index (χ3n) is 5.81. The van der Waals surface area contributed by atoms with E-state index in [2.05, 4.69) is 10.3 Å². The maximum absolute atomic E-state index is 12.3. The summed E-state index contributed by atoms with van der Waals surface area (Å²) >= 11 is 0. The molecule has 0 spiro atoms. The Hall–Kier alpha value is -2.64. The van der Waals surface area contributed by atoms with Gasteiger partial charge in [0.2, 0.25) is 0 Å². The van der Waals surface area contributed by atoms with Crippen molar-refractivity contribution in [2.75, 3.05) is 6.54 Å². The molecule has 0 bridgehead atoms. The zero-order valence-corrected chi connectivity index (χ0v) is 19.2. The highest BCUT2D eigenvalue weighted by atomic mass is 16.7. The van der Waals surface area contributed by atoms with Crippen LogP contribution in [0.2, 0.25) is 0 Å². The van der Waals surface area contributed by atoms with E-state index >= 15 is 0 Å². The molecule has 1 amide bonds. The highest BCUT2D eigenvalue weighted by Gasteiger charge is 2.52. The smallest absolute Gasteiger partial charge is 0.445 e. The molecule has 164 valence electrons. The molecule has 2 aromatic rings. The van der Waals surface area contributed by atoms with Gasteiger partial charge in [-0.15, -0.1) is 0 Å². The fourth-order valence-corrected chi connectivity index (χ4v) is 3.19. The highest BCUT2D eigenvalue weighted by molar-refractivity contribution is 6.56. The number of benzene rings is 1. The van der Waals surface area contributed by atoms with Gasteiger partial charge >= 0.3 is 13.2 Å². The third-order valence-corrected chi connectivity index (χ3v) is 5.81. The average Bonchev–Trinajstić information content (AvgIpc) is 2.93. The van der Waals surface area contributed by atoms with Crippen LogP contribution in [0.15, 0.2) is 47.9 Å². The number of carbonyl (C=O) groups excluding carboxylic acids is 1. The van der Waals surface area contributed by atoms with Gasteiger partial charge in [0, 0.05) is 17.9 Å². The first-order chi connectivity index (χ1) is 14.6. The molecule has 1 aliphatic heterocycles. The van der Waals surface area contributed by atoms with Crippen LogP contribution in [-0.2, 0) is 20.7 Å². The quantitative estimate of drug-likeness (QED) is 0.687. The first-order valence-electron chi connectivity index (χ1n) is 10.5. The summed E-state index contributed by atoms with van der Waals surface area (Å²) in [6, 6.07) is 13.5. The molecule has 0 aliphatic carbocycles. The van der Waals surface area contributed by atoms with Gasteiger partial charge in [-0.25, -0.2) is 4.79 Å². The molecular weight excluding hydrogens is 391 g/mol. The van der Waals surface area contributed by atoms with Crippen LogP contribution in [0.5, 0.6) is 0 Å². The minimum atomic E-state index is -0.583. The number of rotatable bonds is 6. The second-order valence-corrected chi connectivity index (χ2v) is 8.85. The van der Waals surface area contributed by atoms with Gasteiger partial charge in [-0.05, 0) is 64.2 Å². The van der Waals surface area contributed by atoms with Gasteiger partial charge in [-0.3, -0.25) is 4.98 Å². The van der Waals surface area contributed by atoms with Gasteiger partial charge in [-0.2, -0.15) is 0 Å². The molecule has 0 saturated carbocycles. The molecule has 1 saturated heterocycles. The van der Waals surface area contributed by atoms with E-state index in [-0.39, 0.29) is 13.2 Å². The molecule has 1 fully saturated rings. The number of nitrogens with zero attached hydrogens (tertiary/aromatic N) is 1. The van der Waals surface area contributed by atoms with Crippen LogP contribution in [-0.4, -0.2) is 35.9 Å². The summed E-state index contributed by atoms with van der Waals surface area (Å²) < 4.78 is 17.8. The van der Waals surface area contributed by atoms with E-state index in [1.165, 1.54) is 0 Å². The normalized spacial score (nSPS) is 17.5. The number of aromatic nitrogens is 1. The number of nitrogens with one attached hydrogen (secondary N) is 1. The molecule has 7 heteroatoms. The van der Waals surface area contributed by atoms with E-state index in [0.29, 0.717) is 0 Å². The number of carbonyl (C=O) groups is 1. The number of ether oxygens (including phenoxy) is 1. The third kappa shape index (κ3) is 5.74. The Morgan fingerprint density at radius 1 is 1.06 bits per heavy atom. The lowest BCUT2D eigenvalue weighted by Crippen LogP contribution is -2.41. The summed E-state index contributed by atoms with van der Waals surface area (Å²) in [4.78, 5) is 16.8. The van der Waals surface area contributed by atoms with Crippen molar-refractivity contribution in [3.05, 3.63) is 70.5 Å². The van der Waals surface area contributed by atoms with E-state index < -0.39 is 24.4 Å². The predicted molar refractivity (Wildman–Crippen MR) is 122 cm³/mol. The fraction of sp³-hybridized carbons (Fsp3) is 0.417. The monoisotopic (exact) mass is 422 g/mol. The van der Waals surface area contributed by atoms with Crippen molar-refractivity contribution in [3.63, 3.8) is 0 Å². The Morgan fingerprint density at radius 3 is 2.32 bits per heavy atom. The summed E-state index contributed by atoms with van der Waals surface area (Å²) in [5, 5.41) is 2.83. The van der Waals surface area contributed by atoms with Gasteiger partial charge in [0.25, 0.3) is 0 Å². The van der Waals surface area contributed by atoms with Crippen LogP contribution >= 0.6 is 0 Å². The van der Waals surface area contributed by atoms with Gasteiger partial charge < -0.3 is 19.4 Å². The lowest BCUT2D eigenvalue weighted by Gasteiger charge is -2.32. The Bertz CT molecular complexity index is 941. The van der Waals surface area contributed by atoms with Gasteiger partial charge in [-0.1, -0.05) is 42.5 Å². The fourth-order valence-electron chi connectivity index (χ4n) is 3.19. The second-order valence-electron chi connectivity index (χ2n) is 8.85. The average molecular weight is 422 g/mol. The van der Waals surface area contributed by atoms with Crippen LogP contribution in [0.1, 0.15) is 50.2 Å². The lowest BCUT2D eigenvalue weighted by atomic mass is 9.77. The van der Waals surface area contributed by atoms with Crippen molar-refractivity contribution in [3.8, 4) is 0 Å². The molecule has 0 radical (unpaired) electrons. The van der Waals surface area contributed by atoms with Crippen LogP contribution in [0.25, 0.3) is 6.08 Å². The maximum atomic E-state index is 12.3. The molecule has 1 aliphatic rings. The molecule has 1 aromatic carbocycles. The summed E-state index contributed by atoms with van der Waals surface area (Å²) in [6.45, 7) is 12.4. The Balaban J connectivity index is 1.74. The molecule has 1 N–H and O–H groups in total. The Morgan fingerprint density at radius 2 is 1.71 bits per heavy atom. The zero-order chi connectivity index (χ0) is 22.6. The molecule has 6 nitrogen and oxygen atoms in total. The molecule has 1 aromatic heterocycles. The number of aryl methyl sites for hydroxylation is 2.